The van der Waals surface area contributed by atoms with Crippen molar-refractivity contribution < 1.29 is 23.8 Å². The van der Waals surface area contributed by atoms with Crippen LogP contribution in [0.5, 0.6) is 11.5 Å². The maximum absolute atomic E-state index is 12.5. The first kappa shape index (κ1) is 15.3. The highest BCUT2D eigenvalue weighted by atomic mass is 16.7. The van der Waals surface area contributed by atoms with Crippen LogP contribution >= 0.6 is 0 Å². The lowest BCUT2D eigenvalue weighted by molar-refractivity contribution is 0.103. The number of ketones is 1. The Balaban J connectivity index is 2.28. The van der Waals surface area contributed by atoms with Gasteiger partial charge in [-0.3, -0.25) is 4.79 Å². The Morgan fingerprint density at radius 2 is 1.73 bits per heavy atom. The Morgan fingerprint density at radius 3 is 2.36 bits per heavy atom. The van der Waals surface area contributed by atoms with E-state index in [2.05, 4.69) is 11.3 Å². The molecule has 2 aromatic rings. The minimum absolute atomic E-state index is 0.121. The highest BCUT2D eigenvalue weighted by Gasteiger charge is 2.17. The molecule has 0 unspecified atom stereocenters. The van der Waals surface area contributed by atoms with Crippen LogP contribution in [0.25, 0.3) is 0 Å². The van der Waals surface area contributed by atoms with Crippen LogP contribution in [-0.2, 0) is 4.74 Å². The standard InChI is InChI=1S/C17H14O5/c1-3-21-17(19)22-15-7-5-4-6-14(15)16(18)12-8-10-13(20-2)11-9-12/h3-11H,1H2,2H3. The van der Waals surface area contributed by atoms with Crippen molar-refractivity contribution in [2.45, 2.75) is 0 Å². The van der Waals surface area contributed by atoms with Crippen LogP contribution in [0.4, 0.5) is 4.79 Å². The van der Waals surface area contributed by atoms with E-state index in [0.717, 1.165) is 6.26 Å². The minimum Gasteiger partial charge on any atom is -0.497 e. The first-order valence-electron chi connectivity index (χ1n) is 6.43. The average molecular weight is 298 g/mol. The number of carbonyl (C=O) groups is 2. The predicted molar refractivity (Wildman–Crippen MR) is 80.2 cm³/mol. The molecule has 112 valence electrons. The second kappa shape index (κ2) is 7.08. The van der Waals surface area contributed by atoms with E-state index < -0.39 is 6.16 Å². The SMILES string of the molecule is C=COC(=O)Oc1ccccc1C(=O)c1ccc(OC)cc1. The largest absolute Gasteiger partial charge is 0.518 e. The lowest BCUT2D eigenvalue weighted by atomic mass is 10.0. The topological polar surface area (TPSA) is 61.8 Å². The number of hydrogen-bond donors (Lipinski definition) is 0. The molecule has 22 heavy (non-hydrogen) atoms. The van der Waals surface area contributed by atoms with Crippen molar-refractivity contribution in [3.05, 3.63) is 72.5 Å². The van der Waals surface area contributed by atoms with Gasteiger partial charge in [0, 0.05) is 5.56 Å². The fourth-order valence-electron chi connectivity index (χ4n) is 1.82. The zero-order valence-electron chi connectivity index (χ0n) is 11.9. The van der Waals surface area contributed by atoms with Gasteiger partial charge in [0.15, 0.2) is 5.78 Å². The number of methoxy groups -OCH3 is 1. The first-order valence-corrected chi connectivity index (χ1v) is 6.43. The molecule has 5 heteroatoms. The summed E-state index contributed by atoms with van der Waals surface area (Å²) >= 11 is 0. The summed E-state index contributed by atoms with van der Waals surface area (Å²) in [4.78, 5) is 23.9. The number of rotatable bonds is 5. The van der Waals surface area contributed by atoms with Crippen molar-refractivity contribution in [3.8, 4) is 11.5 Å². The van der Waals surface area contributed by atoms with Crippen molar-refractivity contribution in [3.63, 3.8) is 0 Å². The number of carbonyl (C=O) groups excluding carboxylic acids is 2. The van der Waals surface area contributed by atoms with Crippen LogP contribution in [-0.4, -0.2) is 19.0 Å². The van der Waals surface area contributed by atoms with Gasteiger partial charge < -0.3 is 14.2 Å². The summed E-state index contributed by atoms with van der Waals surface area (Å²) < 4.78 is 14.5. The molecule has 5 nitrogen and oxygen atoms in total. The third-order valence-corrected chi connectivity index (χ3v) is 2.86. The summed E-state index contributed by atoms with van der Waals surface area (Å²) in [7, 11) is 1.55. The van der Waals surface area contributed by atoms with Crippen LogP contribution in [0.2, 0.25) is 0 Å². The molecule has 0 saturated heterocycles. The van der Waals surface area contributed by atoms with Gasteiger partial charge in [0.2, 0.25) is 0 Å². The molecule has 0 spiro atoms. The molecule has 2 rings (SSSR count). The molecule has 0 aromatic heterocycles. The average Bonchev–Trinajstić information content (AvgIpc) is 2.55. The van der Waals surface area contributed by atoms with E-state index in [-0.39, 0.29) is 17.1 Å². The molecule has 0 amide bonds. The minimum atomic E-state index is -0.954. The Labute approximate surface area is 127 Å². The van der Waals surface area contributed by atoms with Gasteiger partial charge >= 0.3 is 6.16 Å². The summed E-state index contributed by atoms with van der Waals surface area (Å²) in [5.41, 5.74) is 0.711. The monoisotopic (exact) mass is 298 g/mol. The van der Waals surface area contributed by atoms with Gasteiger partial charge in [-0.25, -0.2) is 4.79 Å². The fourth-order valence-corrected chi connectivity index (χ4v) is 1.82. The molecular formula is C17H14O5. The van der Waals surface area contributed by atoms with Crippen molar-refractivity contribution in [1.82, 2.24) is 0 Å². The predicted octanol–water partition coefficient (Wildman–Crippen LogP) is 3.59. The highest BCUT2D eigenvalue weighted by Crippen LogP contribution is 2.23. The summed E-state index contributed by atoms with van der Waals surface area (Å²) in [6, 6.07) is 13.1. The van der Waals surface area contributed by atoms with E-state index in [9.17, 15) is 9.59 Å². The summed E-state index contributed by atoms with van der Waals surface area (Å²) in [6.07, 6.45) is 0.000882. The Morgan fingerprint density at radius 1 is 1.05 bits per heavy atom. The highest BCUT2D eigenvalue weighted by molar-refractivity contribution is 6.11. The molecule has 0 N–H and O–H groups in total. The van der Waals surface area contributed by atoms with Crippen LogP contribution in [0, 0.1) is 0 Å². The van der Waals surface area contributed by atoms with E-state index in [1.807, 2.05) is 0 Å². The summed E-state index contributed by atoms with van der Waals surface area (Å²) in [5.74, 6) is 0.496. The zero-order valence-corrected chi connectivity index (χ0v) is 11.9. The molecule has 0 aliphatic rings. The summed E-state index contributed by atoms with van der Waals surface area (Å²) in [5, 5.41) is 0. The van der Waals surface area contributed by atoms with Crippen LogP contribution in [0.1, 0.15) is 15.9 Å². The molecule has 0 aliphatic heterocycles. The Kier molecular flexibility index (Phi) is 4.93. The second-order valence-electron chi connectivity index (χ2n) is 4.19. The van der Waals surface area contributed by atoms with E-state index >= 15 is 0 Å². The lowest BCUT2D eigenvalue weighted by Crippen LogP contribution is -2.11. The number of para-hydroxylation sites is 1. The normalized spacial score (nSPS) is 9.68. The molecule has 2 aromatic carbocycles. The van der Waals surface area contributed by atoms with Gasteiger partial charge in [0.25, 0.3) is 0 Å². The smallest absolute Gasteiger partial charge is 0.497 e. The van der Waals surface area contributed by atoms with Crippen LogP contribution in [0.15, 0.2) is 61.4 Å². The summed E-state index contributed by atoms with van der Waals surface area (Å²) in [6.45, 7) is 3.26. The molecule has 0 bridgehead atoms. The van der Waals surface area contributed by atoms with Gasteiger partial charge in [-0.1, -0.05) is 18.7 Å². The third kappa shape index (κ3) is 3.52. The maximum atomic E-state index is 12.5. The Hall–Kier alpha value is -3.08. The van der Waals surface area contributed by atoms with E-state index in [0.29, 0.717) is 11.3 Å². The van der Waals surface area contributed by atoms with Gasteiger partial charge in [0.05, 0.1) is 18.9 Å². The maximum Gasteiger partial charge on any atom is 0.518 e. The van der Waals surface area contributed by atoms with Gasteiger partial charge in [-0.15, -0.1) is 0 Å². The molecule has 0 atom stereocenters. The quantitative estimate of drug-likeness (QED) is 0.365. The second-order valence-corrected chi connectivity index (χ2v) is 4.19. The number of ether oxygens (including phenoxy) is 3. The number of hydrogen-bond acceptors (Lipinski definition) is 5. The van der Waals surface area contributed by atoms with E-state index in [1.165, 1.54) is 6.07 Å². The zero-order chi connectivity index (χ0) is 15.9. The van der Waals surface area contributed by atoms with Crippen molar-refractivity contribution in [2.24, 2.45) is 0 Å². The van der Waals surface area contributed by atoms with E-state index in [4.69, 9.17) is 9.47 Å². The van der Waals surface area contributed by atoms with Crippen molar-refractivity contribution >= 4 is 11.9 Å². The molecule has 0 fully saturated rings. The molecule has 0 aliphatic carbocycles. The fraction of sp³-hybridized carbons (Fsp3) is 0.0588. The number of benzene rings is 2. The lowest BCUT2D eigenvalue weighted by Gasteiger charge is -2.08. The van der Waals surface area contributed by atoms with Crippen molar-refractivity contribution in [2.75, 3.05) is 7.11 Å². The first-order chi connectivity index (χ1) is 10.7. The Bertz CT molecular complexity index is 688. The van der Waals surface area contributed by atoms with E-state index in [1.54, 1.807) is 49.6 Å². The van der Waals surface area contributed by atoms with Gasteiger partial charge in [-0.2, -0.15) is 0 Å². The third-order valence-electron chi connectivity index (χ3n) is 2.86. The molecule has 0 saturated carbocycles. The van der Waals surface area contributed by atoms with Gasteiger partial charge in [0.1, 0.15) is 11.5 Å². The molecular weight excluding hydrogens is 284 g/mol. The van der Waals surface area contributed by atoms with Gasteiger partial charge in [-0.05, 0) is 36.4 Å². The van der Waals surface area contributed by atoms with Crippen LogP contribution in [0.3, 0.4) is 0 Å². The molecule has 0 radical (unpaired) electrons. The van der Waals surface area contributed by atoms with Crippen LogP contribution < -0.4 is 9.47 Å². The van der Waals surface area contributed by atoms with Crippen molar-refractivity contribution in [1.29, 1.82) is 0 Å². The molecule has 0 heterocycles.